The number of imidazole rings is 1. The van der Waals surface area contributed by atoms with Gasteiger partial charge in [0.1, 0.15) is 12.1 Å². The molecule has 0 spiro atoms. The van der Waals surface area contributed by atoms with Gasteiger partial charge in [-0.2, -0.15) is 0 Å². The minimum atomic E-state index is -0.916. The molecule has 2 rings (SSSR count). The van der Waals surface area contributed by atoms with Crippen molar-refractivity contribution in [2.24, 2.45) is 0 Å². The Morgan fingerprint density at radius 1 is 1.42 bits per heavy atom. The third-order valence-electron chi connectivity index (χ3n) is 2.24. The van der Waals surface area contributed by atoms with Crippen LogP contribution in [0, 0.1) is 0 Å². The summed E-state index contributed by atoms with van der Waals surface area (Å²) in [4.78, 5) is 30.6. The van der Waals surface area contributed by atoms with Crippen molar-refractivity contribution in [3.63, 3.8) is 0 Å². The number of carbonyl (C=O) groups excluding carboxylic acids is 2. The number of ether oxygens (including phenoxy) is 1. The Morgan fingerprint density at radius 2 is 2.26 bits per heavy atom. The molecule has 1 amide bonds. The first-order valence-electron chi connectivity index (χ1n) is 5.63. The fourth-order valence-corrected chi connectivity index (χ4v) is 1.39. The molecule has 0 atom stereocenters. The Kier molecular flexibility index (Phi) is 3.87. The molecule has 1 N–H and O–H groups in total. The van der Waals surface area contributed by atoms with Crippen molar-refractivity contribution in [1.82, 2.24) is 14.5 Å². The van der Waals surface area contributed by atoms with Gasteiger partial charge >= 0.3 is 11.9 Å². The van der Waals surface area contributed by atoms with E-state index in [2.05, 4.69) is 20.0 Å². The van der Waals surface area contributed by atoms with Crippen LogP contribution in [0.4, 0.5) is 5.69 Å². The SMILES string of the molecule is CCOC(=O)C(=O)Nc1ccc(-n2ccnc2)nc1. The first kappa shape index (κ1) is 12.7. The van der Waals surface area contributed by atoms with Crippen LogP contribution in [0.1, 0.15) is 6.92 Å². The number of rotatable bonds is 3. The van der Waals surface area contributed by atoms with Crippen LogP contribution in [0.3, 0.4) is 0 Å². The summed E-state index contributed by atoms with van der Waals surface area (Å²) in [5.41, 5.74) is 0.418. The van der Waals surface area contributed by atoms with Crippen molar-refractivity contribution < 1.29 is 14.3 Å². The van der Waals surface area contributed by atoms with Crippen LogP contribution in [0.15, 0.2) is 37.1 Å². The van der Waals surface area contributed by atoms with E-state index in [-0.39, 0.29) is 6.61 Å². The normalized spacial score (nSPS) is 9.95. The molecule has 0 aliphatic heterocycles. The molecule has 0 bridgehead atoms. The second-order valence-corrected chi connectivity index (χ2v) is 3.55. The largest absolute Gasteiger partial charge is 0.459 e. The van der Waals surface area contributed by atoms with E-state index < -0.39 is 11.9 Å². The van der Waals surface area contributed by atoms with Gasteiger partial charge in [0.15, 0.2) is 0 Å². The van der Waals surface area contributed by atoms with E-state index >= 15 is 0 Å². The van der Waals surface area contributed by atoms with Crippen LogP contribution in [-0.4, -0.2) is 33.0 Å². The summed E-state index contributed by atoms with van der Waals surface area (Å²) in [7, 11) is 0. The average molecular weight is 260 g/mol. The molecule has 2 aromatic heterocycles. The number of nitrogens with zero attached hydrogens (tertiary/aromatic N) is 3. The van der Waals surface area contributed by atoms with E-state index in [1.54, 1.807) is 42.3 Å². The second kappa shape index (κ2) is 5.76. The molecule has 19 heavy (non-hydrogen) atoms. The number of carbonyl (C=O) groups is 2. The molecule has 0 aromatic carbocycles. The Labute approximate surface area is 109 Å². The standard InChI is InChI=1S/C12H12N4O3/c1-2-19-12(18)11(17)15-9-3-4-10(14-7-9)16-6-5-13-8-16/h3-8H,2H2,1H3,(H,15,17). The molecule has 0 radical (unpaired) electrons. The fraction of sp³-hybridized carbons (Fsp3) is 0.167. The van der Waals surface area contributed by atoms with E-state index in [9.17, 15) is 9.59 Å². The molecule has 2 heterocycles. The lowest BCUT2D eigenvalue weighted by Crippen LogP contribution is -2.25. The van der Waals surface area contributed by atoms with E-state index in [0.717, 1.165) is 0 Å². The lowest BCUT2D eigenvalue weighted by Gasteiger charge is -2.05. The minimum Gasteiger partial charge on any atom is -0.459 e. The number of hydrogen-bond donors (Lipinski definition) is 1. The first-order chi connectivity index (χ1) is 9.20. The van der Waals surface area contributed by atoms with Gasteiger partial charge in [0.05, 0.1) is 18.5 Å². The molecule has 0 saturated carbocycles. The minimum absolute atomic E-state index is 0.157. The number of nitrogens with one attached hydrogen (secondary N) is 1. The third-order valence-corrected chi connectivity index (χ3v) is 2.24. The quantitative estimate of drug-likeness (QED) is 0.650. The van der Waals surface area contributed by atoms with Crippen LogP contribution in [0.25, 0.3) is 5.82 Å². The number of hydrogen-bond acceptors (Lipinski definition) is 5. The van der Waals surface area contributed by atoms with Crippen molar-refractivity contribution in [3.05, 3.63) is 37.1 Å². The zero-order chi connectivity index (χ0) is 13.7. The van der Waals surface area contributed by atoms with Gasteiger partial charge in [-0.25, -0.2) is 14.8 Å². The highest BCUT2D eigenvalue weighted by Crippen LogP contribution is 2.09. The highest BCUT2D eigenvalue weighted by molar-refractivity contribution is 6.37. The molecule has 0 saturated heterocycles. The van der Waals surface area contributed by atoms with Gasteiger partial charge in [-0.1, -0.05) is 0 Å². The number of esters is 1. The van der Waals surface area contributed by atoms with Crippen molar-refractivity contribution in [3.8, 4) is 5.82 Å². The predicted octanol–water partition coefficient (Wildman–Crippen LogP) is 0.769. The van der Waals surface area contributed by atoms with E-state index in [1.807, 2.05) is 0 Å². The summed E-state index contributed by atoms with van der Waals surface area (Å²) in [6, 6.07) is 3.34. The van der Waals surface area contributed by atoms with Gasteiger partial charge in [-0.15, -0.1) is 0 Å². The van der Waals surface area contributed by atoms with Crippen LogP contribution in [0.2, 0.25) is 0 Å². The Hall–Kier alpha value is -2.70. The van der Waals surface area contributed by atoms with Crippen molar-refractivity contribution in [1.29, 1.82) is 0 Å². The molecule has 0 unspecified atom stereocenters. The summed E-state index contributed by atoms with van der Waals surface area (Å²) >= 11 is 0. The molecule has 0 aliphatic carbocycles. The van der Waals surface area contributed by atoms with Crippen LogP contribution < -0.4 is 5.32 Å². The highest BCUT2D eigenvalue weighted by Gasteiger charge is 2.14. The van der Waals surface area contributed by atoms with Gasteiger partial charge in [-0.3, -0.25) is 9.36 Å². The Morgan fingerprint density at radius 3 is 2.84 bits per heavy atom. The Balaban J connectivity index is 2.03. The molecule has 7 heteroatoms. The fourth-order valence-electron chi connectivity index (χ4n) is 1.39. The van der Waals surface area contributed by atoms with E-state index in [0.29, 0.717) is 11.5 Å². The van der Waals surface area contributed by atoms with Crippen LogP contribution in [0.5, 0.6) is 0 Å². The monoisotopic (exact) mass is 260 g/mol. The smallest absolute Gasteiger partial charge is 0.397 e. The van der Waals surface area contributed by atoms with E-state index in [1.165, 1.54) is 6.20 Å². The lowest BCUT2D eigenvalue weighted by atomic mass is 10.4. The Bertz CT molecular complexity index is 563. The van der Waals surface area contributed by atoms with E-state index in [4.69, 9.17) is 0 Å². The molecule has 0 fully saturated rings. The van der Waals surface area contributed by atoms with Gasteiger partial charge in [-0.05, 0) is 19.1 Å². The maximum Gasteiger partial charge on any atom is 0.397 e. The number of pyridine rings is 1. The van der Waals surface area contributed by atoms with Crippen LogP contribution in [-0.2, 0) is 14.3 Å². The first-order valence-corrected chi connectivity index (χ1v) is 5.63. The molecule has 2 aromatic rings. The summed E-state index contributed by atoms with van der Waals surface area (Å²) in [6.45, 7) is 1.79. The summed E-state index contributed by atoms with van der Waals surface area (Å²) in [6.07, 6.45) is 6.45. The molecular formula is C12H12N4O3. The summed E-state index contributed by atoms with van der Waals surface area (Å²) in [5, 5.41) is 2.40. The number of aromatic nitrogens is 3. The average Bonchev–Trinajstić information content (AvgIpc) is 2.94. The summed E-state index contributed by atoms with van der Waals surface area (Å²) in [5.74, 6) is -1.08. The molecule has 7 nitrogen and oxygen atoms in total. The predicted molar refractivity (Wildman–Crippen MR) is 66.6 cm³/mol. The van der Waals surface area contributed by atoms with Crippen molar-refractivity contribution in [2.75, 3.05) is 11.9 Å². The maximum absolute atomic E-state index is 11.4. The van der Waals surface area contributed by atoms with Gasteiger partial charge < -0.3 is 10.1 Å². The van der Waals surface area contributed by atoms with Gasteiger partial charge in [0.2, 0.25) is 0 Å². The zero-order valence-electron chi connectivity index (χ0n) is 10.2. The topological polar surface area (TPSA) is 86.1 Å². The van der Waals surface area contributed by atoms with Crippen molar-refractivity contribution >= 4 is 17.6 Å². The summed E-state index contributed by atoms with van der Waals surface area (Å²) < 4.78 is 6.29. The maximum atomic E-state index is 11.4. The molecule has 98 valence electrons. The molecule has 0 aliphatic rings. The second-order valence-electron chi connectivity index (χ2n) is 3.55. The number of amides is 1. The number of anilines is 1. The van der Waals surface area contributed by atoms with Crippen molar-refractivity contribution in [2.45, 2.75) is 6.92 Å². The third kappa shape index (κ3) is 3.15. The zero-order valence-corrected chi connectivity index (χ0v) is 10.2. The highest BCUT2D eigenvalue weighted by atomic mass is 16.5. The van der Waals surface area contributed by atoms with Crippen LogP contribution >= 0.6 is 0 Å². The molecular weight excluding hydrogens is 248 g/mol. The van der Waals surface area contributed by atoms with Gasteiger partial charge in [0.25, 0.3) is 0 Å². The lowest BCUT2D eigenvalue weighted by molar-refractivity contribution is -0.152. The van der Waals surface area contributed by atoms with Gasteiger partial charge in [0, 0.05) is 12.4 Å².